The van der Waals surface area contributed by atoms with Crippen LogP contribution in [0.25, 0.3) is 0 Å². The van der Waals surface area contributed by atoms with Gasteiger partial charge in [0.1, 0.15) is 23.7 Å². The first-order valence-corrected chi connectivity index (χ1v) is 11.0. The van der Waals surface area contributed by atoms with Crippen LogP contribution in [0.2, 0.25) is 0 Å². The van der Waals surface area contributed by atoms with E-state index in [2.05, 4.69) is 15.3 Å². The number of nitrogens with zero attached hydrogens (tertiary/aromatic N) is 3. The number of oxazole rings is 1. The molecular weight excluding hydrogens is 457 g/mol. The first kappa shape index (κ1) is 24.2. The molecule has 0 unspecified atom stereocenters. The van der Waals surface area contributed by atoms with Crippen LogP contribution in [-0.2, 0) is 26.1 Å². The summed E-state index contributed by atoms with van der Waals surface area (Å²) in [5, 5.41) is 2.78. The third-order valence-electron chi connectivity index (χ3n) is 5.26. The van der Waals surface area contributed by atoms with Gasteiger partial charge in [-0.1, -0.05) is 24.3 Å². The summed E-state index contributed by atoms with van der Waals surface area (Å²) in [4.78, 5) is 22.7. The largest absolute Gasteiger partial charge is 0.447 e. The second kappa shape index (κ2) is 11.4. The molecule has 4 aromatic rings. The summed E-state index contributed by atoms with van der Waals surface area (Å²) in [6, 6.07) is 14.9. The Morgan fingerprint density at radius 2 is 1.74 bits per heavy atom. The zero-order chi connectivity index (χ0) is 24.6. The average Bonchev–Trinajstić information content (AvgIpc) is 3.31. The van der Waals surface area contributed by atoms with E-state index >= 15 is 0 Å². The molecule has 0 aliphatic heterocycles. The van der Waals surface area contributed by atoms with Gasteiger partial charge in [-0.3, -0.25) is 14.7 Å². The standard InChI is InChI=1S/C26H23F3N4O2/c27-20-7-4-18(5-8-20)14-33(15-19-6-9-21(28)13-23(19)29)16-25-32-24(17-35-25)26(34)31-12-10-22-3-1-2-11-30-22/h1-9,11,13,17H,10,12,14-16H2,(H,31,34). The maximum atomic E-state index is 14.3. The number of carbonyl (C=O) groups is 1. The Balaban J connectivity index is 1.42. The minimum atomic E-state index is -0.672. The van der Waals surface area contributed by atoms with Gasteiger partial charge in [0.25, 0.3) is 5.91 Å². The van der Waals surface area contributed by atoms with Crippen LogP contribution < -0.4 is 5.32 Å². The lowest BCUT2D eigenvalue weighted by atomic mass is 10.1. The molecule has 0 aliphatic rings. The number of halogens is 3. The number of hydrogen-bond donors (Lipinski definition) is 1. The lowest BCUT2D eigenvalue weighted by Gasteiger charge is -2.21. The molecule has 35 heavy (non-hydrogen) atoms. The fraction of sp³-hybridized carbons (Fsp3) is 0.192. The number of benzene rings is 2. The molecule has 0 saturated carbocycles. The van der Waals surface area contributed by atoms with Gasteiger partial charge >= 0.3 is 0 Å². The molecule has 4 rings (SSSR count). The highest BCUT2D eigenvalue weighted by molar-refractivity contribution is 5.91. The third kappa shape index (κ3) is 7.00. The number of nitrogens with one attached hydrogen (secondary N) is 1. The van der Waals surface area contributed by atoms with Crippen molar-refractivity contribution in [3.63, 3.8) is 0 Å². The van der Waals surface area contributed by atoms with Gasteiger partial charge in [0.05, 0.1) is 6.54 Å². The molecule has 6 nitrogen and oxygen atoms in total. The van der Waals surface area contributed by atoms with Gasteiger partial charge in [-0.2, -0.15) is 0 Å². The van der Waals surface area contributed by atoms with E-state index in [1.165, 1.54) is 30.5 Å². The minimum absolute atomic E-state index is 0.121. The molecule has 0 aliphatic carbocycles. The van der Waals surface area contributed by atoms with Crippen molar-refractivity contribution in [2.24, 2.45) is 0 Å². The van der Waals surface area contributed by atoms with Crippen molar-refractivity contribution in [1.82, 2.24) is 20.2 Å². The van der Waals surface area contributed by atoms with Gasteiger partial charge in [0.15, 0.2) is 5.69 Å². The van der Waals surface area contributed by atoms with E-state index in [0.717, 1.165) is 17.3 Å². The molecule has 0 spiro atoms. The average molecular weight is 480 g/mol. The number of aromatic nitrogens is 2. The summed E-state index contributed by atoms with van der Waals surface area (Å²) in [6.07, 6.45) is 3.53. The van der Waals surface area contributed by atoms with E-state index in [0.29, 0.717) is 19.5 Å². The lowest BCUT2D eigenvalue weighted by Crippen LogP contribution is -2.26. The van der Waals surface area contributed by atoms with E-state index in [9.17, 15) is 18.0 Å². The van der Waals surface area contributed by atoms with Crippen molar-refractivity contribution in [3.05, 3.63) is 119 Å². The molecule has 0 atom stereocenters. The Bertz CT molecular complexity index is 1260. The smallest absolute Gasteiger partial charge is 0.273 e. The molecule has 2 aromatic carbocycles. The molecule has 9 heteroatoms. The Hall–Kier alpha value is -3.98. The fourth-order valence-corrected chi connectivity index (χ4v) is 3.53. The lowest BCUT2D eigenvalue weighted by molar-refractivity contribution is 0.0949. The summed E-state index contributed by atoms with van der Waals surface area (Å²) < 4.78 is 46.4. The topological polar surface area (TPSA) is 71.3 Å². The summed E-state index contributed by atoms with van der Waals surface area (Å²) in [5.41, 5.74) is 2.05. The molecule has 180 valence electrons. The number of rotatable bonds is 10. The molecular formula is C26H23F3N4O2. The molecule has 0 radical (unpaired) electrons. The second-order valence-corrected chi connectivity index (χ2v) is 7.96. The summed E-state index contributed by atoms with van der Waals surface area (Å²) >= 11 is 0. The Morgan fingerprint density at radius 3 is 2.49 bits per heavy atom. The quantitative estimate of drug-likeness (QED) is 0.358. The number of pyridine rings is 1. The van der Waals surface area contributed by atoms with Gasteiger partial charge in [-0.25, -0.2) is 18.2 Å². The predicted octanol–water partition coefficient (Wildman–Crippen LogP) is 4.66. The molecule has 2 aromatic heterocycles. The second-order valence-electron chi connectivity index (χ2n) is 7.96. The van der Waals surface area contributed by atoms with E-state index in [4.69, 9.17) is 4.42 Å². The first-order chi connectivity index (χ1) is 17.0. The first-order valence-electron chi connectivity index (χ1n) is 11.0. The Kier molecular flexibility index (Phi) is 7.89. The van der Waals surface area contributed by atoms with Gasteiger partial charge in [0, 0.05) is 49.6 Å². The monoisotopic (exact) mass is 480 g/mol. The zero-order valence-electron chi connectivity index (χ0n) is 18.8. The highest BCUT2D eigenvalue weighted by Gasteiger charge is 2.17. The highest BCUT2D eigenvalue weighted by atomic mass is 19.1. The van der Waals surface area contributed by atoms with Crippen molar-refractivity contribution in [3.8, 4) is 0 Å². The van der Waals surface area contributed by atoms with Crippen molar-refractivity contribution in [2.75, 3.05) is 6.54 Å². The van der Waals surface area contributed by atoms with Gasteiger partial charge in [0.2, 0.25) is 5.89 Å². The normalized spacial score (nSPS) is 11.1. The molecule has 0 fully saturated rings. The van der Waals surface area contributed by atoms with Crippen LogP contribution in [0.4, 0.5) is 13.2 Å². The summed E-state index contributed by atoms with van der Waals surface area (Å²) in [5.74, 6) is -1.83. The van der Waals surface area contributed by atoms with Crippen LogP contribution in [0.15, 0.2) is 77.5 Å². The minimum Gasteiger partial charge on any atom is -0.447 e. The van der Waals surface area contributed by atoms with Crippen molar-refractivity contribution < 1.29 is 22.4 Å². The zero-order valence-corrected chi connectivity index (χ0v) is 18.8. The number of amides is 1. The van der Waals surface area contributed by atoms with E-state index in [1.807, 2.05) is 18.2 Å². The molecule has 1 amide bonds. The van der Waals surface area contributed by atoms with E-state index in [-0.39, 0.29) is 42.0 Å². The van der Waals surface area contributed by atoms with Crippen LogP contribution in [-0.4, -0.2) is 27.3 Å². The van der Waals surface area contributed by atoms with Crippen LogP contribution in [0.5, 0.6) is 0 Å². The highest BCUT2D eigenvalue weighted by Crippen LogP contribution is 2.17. The molecule has 2 heterocycles. The predicted molar refractivity (Wildman–Crippen MR) is 122 cm³/mol. The van der Waals surface area contributed by atoms with E-state index < -0.39 is 11.6 Å². The Morgan fingerprint density at radius 1 is 0.943 bits per heavy atom. The number of hydrogen-bond acceptors (Lipinski definition) is 5. The maximum Gasteiger partial charge on any atom is 0.273 e. The third-order valence-corrected chi connectivity index (χ3v) is 5.26. The van der Waals surface area contributed by atoms with Gasteiger partial charge < -0.3 is 9.73 Å². The van der Waals surface area contributed by atoms with Crippen LogP contribution in [0.3, 0.4) is 0 Å². The van der Waals surface area contributed by atoms with Gasteiger partial charge in [-0.05, 0) is 35.9 Å². The SMILES string of the molecule is O=C(NCCc1ccccn1)c1coc(CN(Cc2ccc(F)cc2)Cc2ccc(F)cc2F)n1. The van der Waals surface area contributed by atoms with Crippen LogP contribution in [0.1, 0.15) is 33.2 Å². The number of carbonyl (C=O) groups excluding carboxylic acids is 1. The maximum absolute atomic E-state index is 14.3. The van der Waals surface area contributed by atoms with E-state index in [1.54, 1.807) is 23.2 Å². The molecule has 1 N–H and O–H groups in total. The fourth-order valence-electron chi connectivity index (χ4n) is 3.53. The molecule has 0 saturated heterocycles. The van der Waals surface area contributed by atoms with Crippen molar-refractivity contribution >= 4 is 5.91 Å². The summed E-state index contributed by atoms with van der Waals surface area (Å²) in [6.45, 7) is 0.983. The summed E-state index contributed by atoms with van der Waals surface area (Å²) in [7, 11) is 0. The van der Waals surface area contributed by atoms with Crippen LogP contribution >= 0.6 is 0 Å². The van der Waals surface area contributed by atoms with Gasteiger partial charge in [-0.15, -0.1) is 0 Å². The Labute approximate surface area is 200 Å². The van der Waals surface area contributed by atoms with Crippen molar-refractivity contribution in [2.45, 2.75) is 26.1 Å². The van der Waals surface area contributed by atoms with Crippen LogP contribution in [0, 0.1) is 17.5 Å². The van der Waals surface area contributed by atoms with Crippen molar-refractivity contribution in [1.29, 1.82) is 0 Å². The molecule has 0 bridgehead atoms.